The van der Waals surface area contributed by atoms with Gasteiger partial charge < -0.3 is 30.1 Å². The van der Waals surface area contributed by atoms with E-state index in [1.807, 2.05) is 12.2 Å². The minimum Gasteiger partial charge on any atom is -0.495 e. The van der Waals surface area contributed by atoms with E-state index >= 15 is 0 Å². The zero-order chi connectivity index (χ0) is 33.2. The molecule has 248 valence electrons. The Labute approximate surface area is 271 Å². The normalized spacial score (nSPS) is 27.7. The fraction of sp³-hybridized carbons (Fsp3) is 0.581. The maximum atomic E-state index is 14.2. The van der Waals surface area contributed by atoms with E-state index in [1.54, 1.807) is 39.0 Å². The number of aromatic nitrogens is 4. The molecule has 0 radical (unpaired) electrons. The number of nitrogens with one attached hydrogen (secondary N) is 2. The van der Waals surface area contributed by atoms with Gasteiger partial charge in [-0.3, -0.25) is 9.59 Å². The van der Waals surface area contributed by atoms with Gasteiger partial charge in [0.1, 0.15) is 29.0 Å². The van der Waals surface area contributed by atoms with E-state index in [4.69, 9.17) is 21.1 Å². The summed E-state index contributed by atoms with van der Waals surface area (Å²) in [5, 5.41) is 28.8. The van der Waals surface area contributed by atoms with Crippen LogP contribution < -0.4 is 15.4 Å². The average Bonchev–Trinajstić information content (AvgIpc) is 3.31. The van der Waals surface area contributed by atoms with Gasteiger partial charge in [0.2, 0.25) is 17.6 Å². The number of alkyl carbamates (subject to hydrolysis) is 1. The molecule has 5 atom stereocenters. The van der Waals surface area contributed by atoms with E-state index in [1.165, 1.54) is 16.8 Å². The number of carbonyl (C=O) groups is 4. The second kappa shape index (κ2) is 13.3. The Morgan fingerprint density at radius 1 is 1.20 bits per heavy atom. The van der Waals surface area contributed by atoms with Gasteiger partial charge in [0.05, 0.1) is 18.2 Å². The summed E-state index contributed by atoms with van der Waals surface area (Å²) in [7, 11) is 1.51. The van der Waals surface area contributed by atoms with E-state index in [2.05, 4.69) is 26.0 Å². The lowest BCUT2D eigenvalue weighted by Gasteiger charge is -2.30. The van der Waals surface area contributed by atoms with Crippen molar-refractivity contribution in [2.24, 2.45) is 5.92 Å². The maximum absolute atomic E-state index is 14.2. The Morgan fingerprint density at radius 3 is 2.67 bits per heavy atom. The number of hydrogen-bond acceptors (Lipinski definition) is 9. The van der Waals surface area contributed by atoms with Crippen LogP contribution in [-0.4, -0.2) is 91.0 Å². The molecule has 3 amide bonds. The summed E-state index contributed by atoms with van der Waals surface area (Å²) < 4.78 is 10.7. The molecular formula is C31H40ClN7O7. The fourth-order valence-electron chi connectivity index (χ4n) is 6.00. The number of tetrazole rings is 1. The third-order valence-corrected chi connectivity index (χ3v) is 8.79. The minimum atomic E-state index is -1.44. The number of hydrogen-bond donors (Lipinski definition) is 3. The van der Waals surface area contributed by atoms with Gasteiger partial charge in [0.15, 0.2) is 0 Å². The largest absolute Gasteiger partial charge is 0.495 e. The second-order valence-corrected chi connectivity index (χ2v) is 13.4. The first-order chi connectivity index (χ1) is 21.8. The quantitative estimate of drug-likeness (QED) is 0.403. The molecule has 3 N–H and O–H groups in total. The van der Waals surface area contributed by atoms with Gasteiger partial charge >= 0.3 is 12.1 Å². The molecule has 1 aromatic heterocycles. The highest BCUT2D eigenvalue weighted by molar-refractivity contribution is 6.32. The van der Waals surface area contributed by atoms with Crippen LogP contribution in [0.15, 0.2) is 30.4 Å². The van der Waals surface area contributed by atoms with Crippen molar-refractivity contribution in [2.45, 2.75) is 95.0 Å². The molecule has 1 saturated carbocycles. The molecule has 1 aliphatic carbocycles. The van der Waals surface area contributed by atoms with Crippen molar-refractivity contribution in [1.29, 1.82) is 0 Å². The van der Waals surface area contributed by atoms with Crippen LogP contribution in [0, 0.1) is 5.92 Å². The van der Waals surface area contributed by atoms with Gasteiger partial charge in [0.25, 0.3) is 0 Å². The van der Waals surface area contributed by atoms with Crippen LogP contribution in [0.25, 0.3) is 11.4 Å². The van der Waals surface area contributed by atoms with Crippen molar-refractivity contribution in [2.75, 3.05) is 13.7 Å². The van der Waals surface area contributed by atoms with Gasteiger partial charge in [-0.25, -0.2) is 9.59 Å². The molecule has 2 aliphatic heterocycles. The number of fused-ring (bicyclic) bond motifs is 2. The van der Waals surface area contributed by atoms with Crippen LogP contribution in [0.5, 0.6) is 5.75 Å². The van der Waals surface area contributed by atoms with E-state index in [-0.39, 0.29) is 31.1 Å². The number of methoxy groups -OCH3 is 1. The Morgan fingerprint density at radius 2 is 1.98 bits per heavy atom. The number of halogens is 1. The van der Waals surface area contributed by atoms with E-state index in [0.717, 1.165) is 19.3 Å². The maximum Gasteiger partial charge on any atom is 0.408 e. The number of amides is 3. The van der Waals surface area contributed by atoms with Crippen molar-refractivity contribution >= 4 is 35.5 Å². The summed E-state index contributed by atoms with van der Waals surface area (Å²) >= 11 is 6.29. The molecule has 15 heteroatoms. The van der Waals surface area contributed by atoms with Crippen LogP contribution in [0.3, 0.4) is 0 Å². The number of aliphatic carboxylic acids is 1. The fourth-order valence-corrected chi connectivity index (χ4v) is 6.25. The SMILES string of the molecule is COc1ccc(-c2nnn([C@@H]3CC4C(=O)NC5(C(=O)O)CC5/C=C\CCCCCC(NC(=O)OC(C)(C)C)C(=O)N4C3)n2)cc1Cl. The van der Waals surface area contributed by atoms with Crippen molar-refractivity contribution < 1.29 is 33.8 Å². The number of carboxylic acid groups (broad SMARTS) is 1. The van der Waals surface area contributed by atoms with Gasteiger partial charge in [-0.2, -0.15) is 4.80 Å². The second-order valence-electron chi connectivity index (χ2n) is 13.0. The first-order valence-electron chi connectivity index (χ1n) is 15.5. The molecule has 14 nitrogen and oxygen atoms in total. The molecule has 5 rings (SSSR count). The standard InChI is InChI=1S/C31H40ClN7O7/c1-30(2,3)46-29(44)33-22-11-9-7-5-6-8-10-19-16-31(19,28(42)43)34-26(40)23-15-20(17-38(23)27(22)41)39-36-25(35-37-39)18-12-13-24(45-4)21(32)14-18/h8,10,12-14,19-20,22-23H,5-7,9,11,15-17H2,1-4H3,(H,33,44)(H,34,40)(H,42,43)/b10-8-/t19?,20-,22?,23?,31?/m1/s1. The first kappa shape index (κ1) is 33.2. The average molecular weight is 658 g/mol. The summed E-state index contributed by atoms with van der Waals surface area (Å²) in [5.41, 5.74) is -1.63. The number of benzene rings is 1. The topological polar surface area (TPSA) is 178 Å². The number of nitrogens with zero attached hydrogens (tertiary/aromatic N) is 5. The third-order valence-electron chi connectivity index (χ3n) is 8.49. The van der Waals surface area contributed by atoms with Crippen molar-refractivity contribution in [3.63, 3.8) is 0 Å². The van der Waals surface area contributed by atoms with Crippen LogP contribution in [0.1, 0.15) is 71.8 Å². The van der Waals surface area contributed by atoms with Crippen molar-refractivity contribution in [3.8, 4) is 17.1 Å². The Hall–Kier alpha value is -4.20. The summed E-state index contributed by atoms with van der Waals surface area (Å²) in [5.74, 6) is -1.77. The van der Waals surface area contributed by atoms with E-state index < -0.39 is 53.1 Å². The molecule has 0 spiro atoms. The van der Waals surface area contributed by atoms with Gasteiger partial charge in [-0.1, -0.05) is 36.6 Å². The van der Waals surface area contributed by atoms with Crippen molar-refractivity contribution in [3.05, 3.63) is 35.4 Å². The summed E-state index contributed by atoms with van der Waals surface area (Å²) in [6.07, 6.45) is 6.78. The Balaban J connectivity index is 1.44. The number of carboxylic acids is 1. The van der Waals surface area contributed by atoms with Gasteiger partial charge in [0, 0.05) is 24.4 Å². The van der Waals surface area contributed by atoms with E-state index in [9.17, 15) is 24.3 Å². The molecule has 1 saturated heterocycles. The Kier molecular flexibility index (Phi) is 9.57. The predicted octanol–water partition coefficient (Wildman–Crippen LogP) is 3.52. The summed E-state index contributed by atoms with van der Waals surface area (Å²) in [6, 6.07) is 2.50. The first-order valence-corrected chi connectivity index (χ1v) is 15.8. The predicted molar refractivity (Wildman–Crippen MR) is 166 cm³/mol. The lowest BCUT2D eigenvalue weighted by atomic mass is 10.0. The molecular weight excluding hydrogens is 618 g/mol. The van der Waals surface area contributed by atoms with Gasteiger partial charge in [-0.05, 0) is 69.9 Å². The molecule has 0 bridgehead atoms. The molecule has 1 aromatic carbocycles. The zero-order valence-corrected chi connectivity index (χ0v) is 27.1. The number of rotatable bonds is 5. The minimum absolute atomic E-state index is 0.0337. The van der Waals surface area contributed by atoms with Crippen LogP contribution in [-0.2, 0) is 19.1 Å². The lowest BCUT2D eigenvalue weighted by Crippen LogP contribution is -2.56. The molecule has 4 unspecified atom stereocenters. The third kappa shape index (κ3) is 7.27. The molecule has 3 aliphatic rings. The summed E-state index contributed by atoms with van der Waals surface area (Å²) in [4.78, 5) is 55.9. The smallest absolute Gasteiger partial charge is 0.408 e. The Bertz CT molecular complexity index is 1520. The van der Waals surface area contributed by atoms with E-state index in [0.29, 0.717) is 29.2 Å². The highest BCUT2D eigenvalue weighted by Gasteiger charge is 2.61. The zero-order valence-electron chi connectivity index (χ0n) is 26.4. The molecule has 2 fully saturated rings. The van der Waals surface area contributed by atoms with Crippen LogP contribution >= 0.6 is 11.6 Å². The lowest BCUT2D eigenvalue weighted by molar-refractivity contribution is -0.145. The molecule has 3 heterocycles. The monoisotopic (exact) mass is 657 g/mol. The number of carbonyl (C=O) groups excluding carboxylic acids is 3. The van der Waals surface area contributed by atoms with Crippen molar-refractivity contribution in [1.82, 2.24) is 35.7 Å². The highest BCUT2D eigenvalue weighted by Crippen LogP contribution is 2.45. The highest BCUT2D eigenvalue weighted by atomic mass is 35.5. The molecule has 46 heavy (non-hydrogen) atoms. The number of allylic oxidation sites excluding steroid dienone is 1. The van der Waals surface area contributed by atoms with Gasteiger partial charge in [-0.15, -0.1) is 10.2 Å². The van der Waals surface area contributed by atoms with Crippen LogP contribution in [0.4, 0.5) is 4.79 Å². The van der Waals surface area contributed by atoms with Crippen LogP contribution in [0.2, 0.25) is 5.02 Å². The molecule has 2 aromatic rings. The summed E-state index contributed by atoms with van der Waals surface area (Å²) in [6.45, 7) is 5.22. The number of ether oxygens (including phenoxy) is 2.